The molecule has 0 aliphatic carbocycles. The molecule has 0 N–H and O–H groups in total. The molecule has 1 aromatic rings. The molecule has 1 unspecified atom stereocenters. The van der Waals surface area contributed by atoms with Gasteiger partial charge in [-0.05, 0) is 24.6 Å². The predicted molar refractivity (Wildman–Crippen MR) is 72.2 cm³/mol. The van der Waals surface area contributed by atoms with Gasteiger partial charge in [-0.15, -0.1) is 0 Å². The molecule has 1 heterocycles. The van der Waals surface area contributed by atoms with Crippen LogP contribution in [0.25, 0.3) is 0 Å². The average Bonchev–Trinajstić information content (AvgIpc) is 2.59. The quantitative estimate of drug-likeness (QED) is 0.781. The Hall–Kier alpha value is -0.500. The van der Waals surface area contributed by atoms with E-state index in [-0.39, 0.29) is 27.2 Å². The third-order valence-corrected chi connectivity index (χ3v) is 6.05. The van der Waals surface area contributed by atoms with Crippen LogP contribution in [-0.4, -0.2) is 34.4 Å². The Morgan fingerprint density at radius 3 is 2.47 bits per heavy atom. The number of hydrogen-bond acceptors (Lipinski definition) is 5. The molecular formula is C10H10Cl2O5S2. The summed E-state index contributed by atoms with van der Waals surface area (Å²) in [6, 6.07) is 3.79. The number of sulfone groups is 1. The lowest BCUT2D eigenvalue weighted by Crippen LogP contribution is -2.17. The van der Waals surface area contributed by atoms with Gasteiger partial charge in [-0.1, -0.05) is 11.6 Å². The highest BCUT2D eigenvalue weighted by molar-refractivity contribution is 8.13. The van der Waals surface area contributed by atoms with Gasteiger partial charge in [0.2, 0.25) is 0 Å². The maximum atomic E-state index is 11.3. The summed E-state index contributed by atoms with van der Waals surface area (Å²) < 4.78 is 50.3. The predicted octanol–water partition coefficient (Wildman–Crippen LogP) is 1.83. The van der Waals surface area contributed by atoms with E-state index >= 15 is 0 Å². The Kier molecular flexibility index (Phi) is 4.02. The monoisotopic (exact) mass is 344 g/mol. The lowest BCUT2D eigenvalue weighted by molar-refractivity contribution is 0.229. The van der Waals surface area contributed by atoms with Crippen LogP contribution in [-0.2, 0) is 18.9 Å². The van der Waals surface area contributed by atoms with E-state index < -0.39 is 25.0 Å². The van der Waals surface area contributed by atoms with E-state index in [2.05, 4.69) is 0 Å². The summed E-state index contributed by atoms with van der Waals surface area (Å²) in [5.74, 6) is 0.273. The summed E-state index contributed by atoms with van der Waals surface area (Å²) in [6.07, 6.45) is -0.0604. The van der Waals surface area contributed by atoms with Gasteiger partial charge in [0.05, 0.1) is 21.4 Å². The van der Waals surface area contributed by atoms with Crippen molar-refractivity contribution >= 4 is 41.2 Å². The van der Waals surface area contributed by atoms with Crippen molar-refractivity contribution in [3.63, 3.8) is 0 Å². The van der Waals surface area contributed by atoms with E-state index in [4.69, 9.17) is 27.0 Å². The van der Waals surface area contributed by atoms with Gasteiger partial charge in [-0.2, -0.15) is 0 Å². The van der Waals surface area contributed by atoms with E-state index in [0.29, 0.717) is 6.42 Å². The summed E-state index contributed by atoms with van der Waals surface area (Å²) in [7, 11) is -1.71. The van der Waals surface area contributed by atoms with Crippen LogP contribution in [0.4, 0.5) is 0 Å². The summed E-state index contributed by atoms with van der Waals surface area (Å²) in [5, 5.41) is 0.0750. The molecule has 2 rings (SSSR count). The number of ether oxygens (including phenoxy) is 1. The highest BCUT2D eigenvalue weighted by Gasteiger charge is 2.30. The van der Waals surface area contributed by atoms with Crippen molar-refractivity contribution in [3.05, 3.63) is 23.2 Å². The molecule has 0 amide bonds. The molecule has 0 aromatic heterocycles. The number of rotatable bonds is 3. The van der Waals surface area contributed by atoms with Gasteiger partial charge in [-0.25, -0.2) is 16.8 Å². The first-order chi connectivity index (χ1) is 8.67. The van der Waals surface area contributed by atoms with Crippen LogP contribution in [0, 0.1) is 0 Å². The Bertz CT molecular complexity index is 697. The zero-order valence-corrected chi connectivity index (χ0v) is 12.7. The van der Waals surface area contributed by atoms with Gasteiger partial charge in [0.1, 0.15) is 11.9 Å². The smallest absolute Gasteiger partial charge is 0.261 e. The summed E-state index contributed by atoms with van der Waals surface area (Å²) in [4.78, 5) is -0.134. The molecule has 5 nitrogen and oxygen atoms in total. The Morgan fingerprint density at radius 2 is 2.00 bits per heavy atom. The zero-order chi connectivity index (χ0) is 14.3. The molecular weight excluding hydrogens is 335 g/mol. The first-order valence-electron chi connectivity index (χ1n) is 5.29. The van der Waals surface area contributed by atoms with Crippen molar-refractivity contribution < 1.29 is 21.6 Å². The fourth-order valence-electron chi connectivity index (χ4n) is 1.76. The third kappa shape index (κ3) is 3.75. The molecule has 1 aliphatic rings. The molecule has 106 valence electrons. The largest absolute Gasteiger partial charge is 0.488 e. The van der Waals surface area contributed by atoms with E-state index in [1.165, 1.54) is 18.2 Å². The molecule has 1 atom stereocenters. The lowest BCUT2D eigenvalue weighted by atomic mass is 10.3. The molecule has 0 radical (unpaired) electrons. The second-order valence-corrected chi connectivity index (χ2v) is 9.37. The van der Waals surface area contributed by atoms with Crippen molar-refractivity contribution in [2.24, 2.45) is 0 Å². The summed E-state index contributed by atoms with van der Waals surface area (Å²) >= 11 is 5.89. The second kappa shape index (κ2) is 5.12. The van der Waals surface area contributed by atoms with Gasteiger partial charge in [-0.3, -0.25) is 0 Å². The van der Waals surface area contributed by atoms with E-state index in [1.807, 2.05) is 0 Å². The van der Waals surface area contributed by atoms with Crippen LogP contribution in [0.2, 0.25) is 5.02 Å². The number of halogens is 2. The minimum atomic E-state index is -3.85. The van der Waals surface area contributed by atoms with Crippen LogP contribution in [0.5, 0.6) is 5.75 Å². The van der Waals surface area contributed by atoms with Gasteiger partial charge in [0.15, 0.2) is 9.84 Å². The van der Waals surface area contributed by atoms with Crippen LogP contribution in [0.1, 0.15) is 6.42 Å². The zero-order valence-electron chi connectivity index (χ0n) is 9.54. The number of benzene rings is 1. The van der Waals surface area contributed by atoms with E-state index in [0.717, 1.165) is 0 Å². The normalized spacial score (nSPS) is 22.3. The summed E-state index contributed by atoms with van der Waals surface area (Å²) in [5.41, 5.74) is 0. The van der Waals surface area contributed by atoms with Crippen LogP contribution < -0.4 is 4.74 Å². The standard InChI is InChI=1S/C10H10Cl2O5S2/c11-9-5-8(19(12,15)16)1-2-10(9)17-7-3-4-18(13,14)6-7/h1-2,5,7H,3-4,6H2. The average molecular weight is 345 g/mol. The SMILES string of the molecule is O=S1(=O)CCC(Oc2ccc(S(=O)(=O)Cl)cc2Cl)C1. The van der Waals surface area contributed by atoms with Crippen molar-refractivity contribution in [1.29, 1.82) is 0 Å². The fraction of sp³-hybridized carbons (Fsp3) is 0.400. The van der Waals surface area contributed by atoms with Gasteiger partial charge in [0.25, 0.3) is 9.05 Å². The van der Waals surface area contributed by atoms with Crippen molar-refractivity contribution in [2.45, 2.75) is 17.4 Å². The second-order valence-electron chi connectivity index (χ2n) is 4.17. The fourth-order valence-corrected chi connectivity index (χ4v) is 4.42. The maximum absolute atomic E-state index is 11.3. The van der Waals surface area contributed by atoms with Crippen molar-refractivity contribution in [1.82, 2.24) is 0 Å². The third-order valence-electron chi connectivity index (χ3n) is 2.67. The maximum Gasteiger partial charge on any atom is 0.261 e. The highest BCUT2D eigenvalue weighted by Crippen LogP contribution is 2.30. The van der Waals surface area contributed by atoms with Crippen LogP contribution >= 0.6 is 22.3 Å². The first kappa shape index (κ1) is 14.9. The summed E-state index contributed by atoms with van der Waals surface area (Å²) in [6.45, 7) is 0. The highest BCUT2D eigenvalue weighted by atomic mass is 35.7. The lowest BCUT2D eigenvalue weighted by Gasteiger charge is -2.13. The van der Waals surface area contributed by atoms with Gasteiger partial charge in [0, 0.05) is 10.7 Å². The molecule has 0 saturated carbocycles. The van der Waals surface area contributed by atoms with E-state index in [9.17, 15) is 16.8 Å². The molecule has 1 saturated heterocycles. The Labute approximate surface area is 120 Å². The van der Waals surface area contributed by atoms with Crippen molar-refractivity contribution in [2.75, 3.05) is 11.5 Å². The van der Waals surface area contributed by atoms with E-state index in [1.54, 1.807) is 0 Å². The molecule has 19 heavy (non-hydrogen) atoms. The van der Waals surface area contributed by atoms with Gasteiger partial charge >= 0.3 is 0 Å². The molecule has 0 bridgehead atoms. The van der Waals surface area contributed by atoms with Crippen LogP contribution in [0.3, 0.4) is 0 Å². The number of hydrogen-bond donors (Lipinski definition) is 0. The first-order valence-corrected chi connectivity index (χ1v) is 9.79. The topological polar surface area (TPSA) is 77.5 Å². The van der Waals surface area contributed by atoms with Crippen molar-refractivity contribution in [3.8, 4) is 5.75 Å². The minimum absolute atomic E-state index is 0.0567. The molecule has 0 spiro atoms. The minimum Gasteiger partial charge on any atom is -0.488 e. The molecule has 1 aliphatic heterocycles. The Balaban J connectivity index is 2.19. The molecule has 9 heteroatoms. The van der Waals surface area contributed by atoms with Gasteiger partial charge < -0.3 is 4.74 Å². The molecule has 1 fully saturated rings. The molecule has 1 aromatic carbocycles. The van der Waals surface area contributed by atoms with Crippen LogP contribution in [0.15, 0.2) is 23.1 Å². The Morgan fingerprint density at radius 1 is 1.32 bits per heavy atom.